The summed E-state index contributed by atoms with van der Waals surface area (Å²) in [7, 11) is 1.21. The number of carbonyl (C=O) groups is 3. The zero-order valence-corrected chi connectivity index (χ0v) is 21.4. The molecule has 38 heavy (non-hydrogen) atoms. The van der Waals surface area contributed by atoms with E-state index in [2.05, 4.69) is 15.6 Å². The molecule has 0 atom stereocenters. The third kappa shape index (κ3) is 6.16. The predicted octanol–water partition coefficient (Wildman–Crippen LogP) is 4.78. The number of nitrogens with one attached hydrogen (secondary N) is 2. The van der Waals surface area contributed by atoms with Gasteiger partial charge in [0.05, 0.1) is 23.2 Å². The molecule has 0 saturated carbocycles. The van der Waals surface area contributed by atoms with Crippen LogP contribution in [0.2, 0.25) is 5.02 Å². The first-order chi connectivity index (χ1) is 18.2. The Bertz CT molecular complexity index is 1560. The van der Waals surface area contributed by atoms with Gasteiger partial charge in [0, 0.05) is 23.7 Å². The molecule has 0 aliphatic heterocycles. The van der Waals surface area contributed by atoms with Gasteiger partial charge in [-0.15, -0.1) is 0 Å². The van der Waals surface area contributed by atoms with Crippen molar-refractivity contribution in [2.24, 2.45) is 0 Å². The highest BCUT2D eigenvalue weighted by Crippen LogP contribution is 2.23. The maximum absolute atomic E-state index is 13.2. The van der Waals surface area contributed by atoms with Crippen molar-refractivity contribution < 1.29 is 24.2 Å². The smallest absolute Gasteiger partial charge is 0.354 e. The number of amides is 2. The minimum atomic E-state index is -0.747. The van der Waals surface area contributed by atoms with Gasteiger partial charge in [0.15, 0.2) is 0 Å². The van der Waals surface area contributed by atoms with Crippen molar-refractivity contribution in [3.63, 3.8) is 0 Å². The number of pyridine rings is 1. The molecule has 9 heteroatoms. The average Bonchev–Trinajstić information content (AvgIpc) is 2.90. The van der Waals surface area contributed by atoms with Crippen LogP contribution in [0.4, 0.5) is 0 Å². The van der Waals surface area contributed by atoms with Crippen molar-refractivity contribution in [3.8, 4) is 5.75 Å². The summed E-state index contributed by atoms with van der Waals surface area (Å²) in [5, 5.41) is 15.8. The lowest BCUT2D eigenvalue weighted by molar-refractivity contribution is -0.136. The highest BCUT2D eigenvalue weighted by atomic mass is 35.5. The first-order valence-electron chi connectivity index (χ1n) is 11.6. The standard InChI is InChI=1S/C29H24ClN3O5/c1-17-10-21(27(35)32-15-18-6-5-8-22(34)12-18)14-23(30)26(17)28(36)33-25(29(37)38-2)13-19-11-20-7-3-4-9-24(20)31-16-19/h3-14,16,34H,15H2,1-2H3,(H,32,35)(H,33,36). The van der Waals surface area contributed by atoms with Crippen molar-refractivity contribution >= 4 is 46.4 Å². The van der Waals surface area contributed by atoms with Gasteiger partial charge in [-0.3, -0.25) is 14.6 Å². The number of hydrogen-bond acceptors (Lipinski definition) is 6. The molecule has 4 rings (SSSR count). The van der Waals surface area contributed by atoms with E-state index in [0.29, 0.717) is 11.1 Å². The Morgan fingerprint density at radius 3 is 2.55 bits per heavy atom. The fourth-order valence-corrected chi connectivity index (χ4v) is 4.24. The molecule has 0 aliphatic rings. The second-order valence-electron chi connectivity index (χ2n) is 8.47. The van der Waals surface area contributed by atoms with Gasteiger partial charge in [0.1, 0.15) is 11.4 Å². The fraction of sp³-hybridized carbons (Fsp3) is 0.103. The number of hydrogen-bond donors (Lipinski definition) is 3. The molecule has 0 fully saturated rings. The van der Waals surface area contributed by atoms with Gasteiger partial charge in [0.2, 0.25) is 0 Å². The Morgan fingerprint density at radius 2 is 1.82 bits per heavy atom. The third-order valence-electron chi connectivity index (χ3n) is 5.72. The van der Waals surface area contributed by atoms with E-state index in [9.17, 15) is 19.5 Å². The molecular weight excluding hydrogens is 506 g/mol. The lowest BCUT2D eigenvalue weighted by atomic mass is 10.0. The molecule has 8 nitrogen and oxygen atoms in total. The second kappa shape index (κ2) is 11.6. The number of nitrogens with zero attached hydrogens (tertiary/aromatic N) is 1. The largest absolute Gasteiger partial charge is 0.508 e. The van der Waals surface area contributed by atoms with E-state index in [-0.39, 0.29) is 34.1 Å². The van der Waals surface area contributed by atoms with Crippen LogP contribution in [-0.2, 0) is 16.1 Å². The van der Waals surface area contributed by atoms with Gasteiger partial charge in [-0.1, -0.05) is 41.9 Å². The number of para-hydroxylation sites is 1. The van der Waals surface area contributed by atoms with E-state index in [1.807, 2.05) is 30.3 Å². The second-order valence-corrected chi connectivity index (χ2v) is 8.87. The summed E-state index contributed by atoms with van der Waals surface area (Å²) in [6.45, 7) is 1.84. The molecule has 0 saturated heterocycles. The van der Waals surface area contributed by atoms with Crippen LogP contribution in [0, 0.1) is 6.92 Å². The SMILES string of the molecule is COC(=O)C(=Cc1cnc2ccccc2c1)NC(=O)c1c(C)cc(C(=O)NCc2cccc(O)c2)cc1Cl. The lowest BCUT2D eigenvalue weighted by Gasteiger charge is -2.13. The molecule has 4 aromatic rings. The summed E-state index contributed by atoms with van der Waals surface area (Å²) in [6, 6.07) is 18.8. The number of aryl methyl sites for hydroxylation is 1. The monoisotopic (exact) mass is 529 g/mol. The summed E-state index contributed by atoms with van der Waals surface area (Å²) in [4.78, 5) is 42.7. The maximum Gasteiger partial charge on any atom is 0.354 e. The molecule has 0 bridgehead atoms. The molecule has 192 valence electrons. The Kier molecular flexibility index (Phi) is 8.03. The number of rotatable bonds is 7. The van der Waals surface area contributed by atoms with E-state index in [4.69, 9.17) is 16.3 Å². The molecule has 1 aromatic heterocycles. The summed E-state index contributed by atoms with van der Waals surface area (Å²) in [5.41, 5.74) is 2.82. The number of esters is 1. The number of phenolic OH excluding ortho intramolecular Hbond substituents is 1. The number of fused-ring (bicyclic) bond motifs is 1. The summed E-state index contributed by atoms with van der Waals surface area (Å²) < 4.78 is 4.85. The van der Waals surface area contributed by atoms with Crippen molar-refractivity contribution in [1.29, 1.82) is 0 Å². The van der Waals surface area contributed by atoms with Gasteiger partial charge >= 0.3 is 5.97 Å². The van der Waals surface area contributed by atoms with E-state index in [0.717, 1.165) is 16.5 Å². The molecular formula is C29H24ClN3O5. The van der Waals surface area contributed by atoms with Gasteiger partial charge < -0.3 is 20.5 Å². The van der Waals surface area contributed by atoms with Gasteiger partial charge in [-0.05, 0) is 66.1 Å². The zero-order chi connectivity index (χ0) is 27.2. The number of phenols is 1. The Hall–Kier alpha value is -4.69. The highest BCUT2D eigenvalue weighted by molar-refractivity contribution is 6.34. The van der Waals surface area contributed by atoms with Crippen LogP contribution >= 0.6 is 11.6 Å². The summed E-state index contributed by atoms with van der Waals surface area (Å²) in [5.74, 6) is -1.68. The molecule has 3 aromatic carbocycles. The van der Waals surface area contributed by atoms with Crippen molar-refractivity contribution in [1.82, 2.24) is 15.6 Å². The number of aromatic nitrogens is 1. The number of ether oxygens (including phenoxy) is 1. The van der Waals surface area contributed by atoms with E-state index in [1.54, 1.807) is 31.3 Å². The van der Waals surface area contributed by atoms with E-state index in [1.165, 1.54) is 31.4 Å². The first kappa shape index (κ1) is 26.4. The van der Waals surface area contributed by atoms with Crippen LogP contribution in [-0.4, -0.2) is 35.0 Å². The number of carbonyl (C=O) groups excluding carboxylic acids is 3. The molecule has 2 amide bonds. The maximum atomic E-state index is 13.2. The van der Waals surface area contributed by atoms with E-state index < -0.39 is 17.8 Å². The van der Waals surface area contributed by atoms with Crippen LogP contribution in [0.25, 0.3) is 17.0 Å². The van der Waals surface area contributed by atoms with Gasteiger partial charge in [0.25, 0.3) is 11.8 Å². The van der Waals surface area contributed by atoms with Crippen LogP contribution in [0.3, 0.4) is 0 Å². The third-order valence-corrected chi connectivity index (χ3v) is 6.01. The summed E-state index contributed by atoms with van der Waals surface area (Å²) >= 11 is 6.41. The highest BCUT2D eigenvalue weighted by Gasteiger charge is 2.21. The number of halogens is 1. The molecule has 0 radical (unpaired) electrons. The van der Waals surface area contributed by atoms with E-state index >= 15 is 0 Å². The molecule has 3 N–H and O–H groups in total. The van der Waals surface area contributed by atoms with Gasteiger partial charge in [-0.2, -0.15) is 0 Å². The Morgan fingerprint density at radius 1 is 1.03 bits per heavy atom. The van der Waals surface area contributed by atoms with Crippen LogP contribution < -0.4 is 10.6 Å². The van der Waals surface area contributed by atoms with Gasteiger partial charge in [-0.25, -0.2) is 4.79 Å². The quantitative estimate of drug-likeness (QED) is 0.234. The Balaban J connectivity index is 1.54. The van der Waals surface area contributed by atoms with Crippen LogP contribution in [0.5, 0.6) is 5.75 Å². The van der Waals surface area contributed by atoms with Crippen LogP contribution in [0.15, 0.2) is 78.6 Å². The zero-order valence-electron chi connectivity index (χ0n) is 20.6. The molecule has 0 aliphatic carbocycles. The van der Waals surface area contributed by atoms with Crippen molar-refractivity contribution in [2.75, 3.05) is 7.11 Å². The number of benzene rings is 3. The molecule has 1 heterocycles. The van der Waals surface area contributed by atoms with Crippen molar-refractivity contribution in [3.05, 3.63) is 111 Å². The minimum absolute atomic E-state index is 0.0431. The Labute approximate surface area is 223 Å². The summed E-state index contributed by atoms with van der Waals surface area (Å²) in [6.07, 6.45) is 3.05. The lowest BCUT2D eigenvalue weighted by Crippen LogP contribution is -2.29. The predicted molar refractivity (Wildman–Crippen MR) is 145 cm³/mol. The number of methoxy groups -OCH3 is 1. The first-order valence-corrected chi connectivity index (χ1v) is 12.0. The average molecular weight is 530 g/mol. The number of aromatic hydroxyl groups is 1. The van der Waals surface area contributed by atoms with Crippen molar-refractivity contribution in [2.45, 2.75) is 13.5 Å². The molecule has 0 unspecified atom stereocenters. The van der Waals surface area contributed by atoms with Crippen LogP contribution in [0.1, 0.15) is 37.4 Å². The normalized spacial score (nSPS) is 11.2. The topological polar surface area (TPSA) is 118 Å². The fourth-order valence-electron chi connectivity index (χ4n) is 3.89. The minimum Gasteiger partial charge on any atom is -0.508 e. The molecule has 0 spiro atoms.